The SMILES string of the molecule is c1ccc(C(NCCc2ccncc2)C2CC2)cc1. The molecule has 1 aliphatic carbocycles. The molecule has 0 radical (unpaired) electrons. The fourth-order valence-corrected chi connectivity index (χ4v) is 2.57. The van der Waals surface area contributed by atoms with Crippen LogP contribution in [0.15, 0.2) is 54.9 Å². The van der Waals surface area contributed by atoms with Gasteiger partial charge in [-0.15, -0.1) is 0 Å². The van der Waals surface area contributed by atoms with Crippen LogP contribution in [-0.4, -0.2) is 11.5 Å². The fraction of sp³-hybridized carbons (Fsp3) is 0.353. The highest BCUT2D eigenvalue weighted by atomic mass is 14.9. The second-order valence-electron chi connectivity index (χ2n) is 5.29. The minimum Gasteiger partial charge on any atom is -0.309 e. The maximum Gasteiger partial charge on any atom is 0.0348 e. The number of pyridine rings is 1. The van der Waals surface area contributed by atoms with Crippen molar-refractivity contribution in [1.82, 2.24) is 10.3 Å². The summed E-state index contributed by atoms with van der Waals surface area (Å²) in [6.45, 7) is 1.03. The lowest BCUT2D eigenvalue weighted by molar-refractivity contribution is 0.484. The molecule has 1 fully saturated rings. The Labute approximate surface area is 114 Å². The first-order chi connectivity index (χ1) is 9.43. The molecule has 1 aliphatic rings. The summed E-state index contributed by atoms with van der Waals surface area (Å²) in [6.07, 6.45) is 7.53. The van der Waals surface area contributed by atoms with Gasteiger partial charge in [-0.1, -0.05) is 30.3 Å². The number of hydrogen-bond donors (Lipinski definition) is 1. The van der Waals surface area contributed by atoms with Gasteiger partial charge in [0.15, 0.2) is 0 Å². The molecule has 2 heteroatoms. The summed E-state index contributed by atoms with van der Waals surface area (Å²) >= 11 is 0. The number of hydrogen-bond acceptors (Lipinski definition) is 2. The molecule has 2 aromatic rings. The monoisotopic (exact) mass is 252 g/mol. The van der Waals surface area contributed by atoms with Crippen molar-refractivity contribution in [2.45, 2.75) is 25.3 Å². The highest BCUT2D eigenvalue weighted by molar-refractivity contribution is 5.21. The lowest BCUT2D eigenvalue weighted by Crippen LogP contribution is -2.25. The molecular formula is C17H20N2. The van der Waals surface area contributed by atoms with Gasteiger partial charge in [0.25, 0.3) is 0 Å². The van der Waals surface area contributed by atoms with E-state index in [9.17, 15) is 0 Å². The van der Waals surface area contributed by atoms with E-state index in [1.807, 2.05) is 12.4 Å². The predicted octanol–water partition coefficient (Wildman–Crippen LogP) is 3.37. The van der Waals surface area contributed by atoms with Gasteiger partial charge in [0.2, 0.25) is 0 Å². The van der Waals surface area contributed by atoms with Gasteiger partial charge in [0.1, 0.15) is 0 Å². The number of aromatic nitrogens is 1. The third-order valence-electron chi connectivity index (χ3n) is 3.78. The summed E-state index contributed by atoms with van der Waals surface area (Å²) in [5.74, 6) is 0.833. The van der Waals surface area contributed by atoms with Gasteiger partial charge in [0, 0.05) is 18.4 Å². The Hall–Kier alpha value is -1.67. The lowest BCUT2D eigenvalue weighted by atomic mass is 10.0. The van der Waals surface area contributed by atoms with Crippen LogP contribution in [-0.2, 0) is 6.42 Å². The zero-order chi connectivity index (χ0) is 12.9. The zero-order valence-corrected chi connectivity index (χ0v) is 11.1. The summed E-state index contributed by atoms with van der Waals surface area (Å²) in [5.41, 5.74) is 2.78. The molecule has 0 saturated heterocycles. The average molecular weight is 252 g/mol. The molecule has 1 unspecified atom stereocenters. The normalized spacial score (nSPS) is 16.2. The Morgan fingerprint density at radius 2 is 1.79 bits per heavy atom. The van der Waals surface area contributed by atoms with Crippen molar-refractivity contribution < 1.29 is 0 Å². The van der Waals surface area contributed by atoms with Gasteiger partial charge in [-0.05, 0) is 55.0 Å². The quantitative estimate of drug-likeness (QED) is 0.852. The Morgan fingerprint density at radius 3 is 2.47 bits per heavy atom. The molecule has 2 nitrogen and oxygen atoms in total. The fourth-order valence-electron chi connectivity index (χ4n) is 2.57. The summed E-state index contributed by atoms with van der Waals surface area (Å²) in [5, 5.41) is 3.73. The average Bonchev–Trinajstić information content (AvgIpc) is 3.30. The van der Waals surface area contributed by atoms with Crippen molar-refractivity contribution in [3.63, 3.8) is 0 Å². The van der Waals surface area contributed by atoms with Crippen LogP contribution < -0.4 is 5.32 Å². The molecule has 1 atom stereocenters. The summed E-state index contributed by atoms with van der Waals surface area (Å²) in [4.78, 5) is 4.05. The Kier molecular flexibility index (Phi) is 3.89. The Balaban J connectivity index is 1.57. The third kappa shape index (κ3) is 3.42. The Morgan fingerprint density at radius 1 is 1.05 bits per heavy atom. The first-order valence-corrected chi connectivity index (χ1v) is 7.11. The first kappa shape index (κ1) is 12.4. The van der Waals surface area contributed by atoms with Crippen molar-refractivity contribution in [2.24, 2.45) is 5.92 Å². The van der Waals surface area contributed by atoms with Gasteiger partial charge < -0.3 is 5.32 Å². The predicted molar refractivity (Wildman–Crippen MR) is 77.9 cm³/mol. The molecule has 0 aliphatic heterocycles. The number of rotatable bonds is 6. The standard InChI is InChI=1S/C17H20N2/c1-2-4-15(5-3-1)17(16-6-7-16)19-13-10-14-8-11-18-12-9-14/h1-5,8-9,11-12,16-17,19H,6-7,10,13H2. The molecule has 0 spiro atoms. The first-order valence-electron chi connectivity index (χ1n) is 7.11. The van der Waals surface area contributed by atoms with E-state index >= 15 is 0 Å². The molecule has 1 heterocycles. The molecule has 98 valence electrons. The van der Waals surface area contributed by atoms with E-state index in [0.29, 0.717) is 6.04 Å². The second kappa shape index (κ2) is 5.98. The van der Waals surface area contributed by atoms with Crippen LogP contribution in [0.4, 0.5) is 0 Å². The minimum atomic E-state index is 0.531. The minimum absolute atomic E-state index is 0.531. The van der Waals surface area contributed by atoms with Crippen LogP contribution in [0.5, 0.6) is 0 Å². The van der Waals surface area contributed by atoms with Gasteiger partial charge in [-0.25, -0.2) is 0 Å². The highest BCUT2D eigenvalue weighted by Crippen LogP contribution is 2.40. The number of nitrogens with one attached hydrogen (secondary N) is 1. The van der Waals surface area contributed by atoms with Crippen molar-refractivity contribution in [3.05, 3.63) is 66.0 Å². The van der Waals surface area contributed by atoms with Gasteiger partial charge in [0.05, 0.1) is 0 Å². The van der Waals surface area contributed by atoms with Crippen LogP contribution >= 0.6 is 0 Å². The van der Waals surface area contributed by atoms with Crippen LogP contribution in [0.3, 0.4) is 0 Å². The van der Waals surface area contributed by atoms with Crippen molar-refractivity contribution in [3.8, 4) is 0 Å². The van der Waals surface area contributed by atoms with E-state index in [-0.39, 0.29) is 0 Å². The van der Waals surface area contributed by atoms with Crippen LogP contribution in [0.1, 0.15) is 30.0 Å². The van der Waals surface area contributed by atoms with Gasteiger partial charge >= 0.3 is 0 Å². The highest BCUT2D eigenvalue weighted by Gasteiger charge is 2.31. The number of benzene rings is 1. The van der Waals surface area contributed by atoms with E-state index in [4.69, 9.17) is 0 Å². The Bertz CT molecular complexity index is 491. The smallest absolute Gasteiger partial charge is 0.0348 e. The van der Waals surface area contributed by atoms with Crippen LogP contribution in [0.25, 0.3) is 0 Å². The van der Waals surface area contributed by atoms with Crippen molar-refractivity contribution in [1.29, 1.82) is 0 Å². The lowest BCUT2D eigenvalue weighted by Gasteiger charge is -2.18. The van der Waals surface area contributed by atoms with E-state index in [2.05, 4.69) is 52.8 Å². The molecule has 1 saturated carbocycles. The molecular weight excluding hydrogens is 232 g/mol. The maximum atomic E-state index is 4.05. The van der Waals surface area contributed by atoms with E-state index in [1.165, 1.54) is 24.0 Å². The molecule has 1 N–H and O–H groups in total. The van der Waals surface area contributed by atoms with Gasteiger partial charge in [-0.3, -0.25) is 4.98 Å². The molecule has 3 rings (SSSR count). The maximum absolute atomic E-state index is 4.05. The van der Waals surface area contributed by atoms with Gasteiger partial charge in [-0.2, -0.15) is 0 Å². The third-order valence-corrected chi connectivity index (χ3v) is 3.78. The molecule has 1 aromatic heterocycles. The van der Waals surface area contributed by atoms with E-state index in [0.717, 1.165) is 18.9 Å². The van der Waals surface area contributed by atoms with Crippen molar-refractivity contribution in [2.75, 3.05) is 6.54 Å². The largest absolute Gasteiger partial charge is 0.309 e. The molecule has 19 heavy (non-hydrogen) atoms. The second-order valence-corrected chi connectivity index (χ2v) is 5.29. The molecule has 0 amide bonds. The van der Waals surface area contributed by atoms with E-state index in [1.54, 1.807) is 0 Å². The molecule has 1 aromatic carbocycles. The van der Waals surface area contributed by atoms with Crippen molar-refractivity contribution >= 4 is 0 Å². The summed E-state index contributed by atoms with van der Waals surface area (Å²) < 4.78 is 0. The van der Waals surface area contributed by atoms with E-state index < -0.39 is 0 Å². The topological polar surface area (TPSA) is 24.9 Å². The number of nitrogens with zero attached hydrogens (tertiary/aromatic N) is 1. The van der Waals surface area contributed by atoms with Crippen LogP contribution in [0, 0.1) is 5.92 Å². The molecule has 0 bridgehead atoms. The van der Waals surface area contributed by atoms with Crippen LogP contribution in [0.2, 0.25) is 0 Å². The summed E-state index contributed by atoms with van der Waals surface area (Å²) in [7, 11) is 0. The summed E-state index contributed by atoms with van der Waals surface area (Å²) in [6, 6.07) is 15.6. The zero-order valence-electron chi connectivity index (χ0n) is 11.1.